The number of ether oxygens (including phenoxy) is 2. The van der Waals surface area contributed by atoms with Crippen LogP contribution in [0.15, 0.2) is 12.7 Å². The van der Waals surface area contributed by atoms with Gasteiger partial charge in [-0.15, -0.1) is 0 Å². The van der Waals surface area contributed by atoms with E-state index in [0.717, 1.165) is 0 Å². The van der Waals surface area contributed by atoms with Crippen LogP contribution in [0.1, 0.15) is 13.8 Å². The van der Waals surface area contributed by atoms with E-state index in [-0.39, 0.29) is 19.8 Å². The molecule has 8 heteroatoms. The molecule has 0 aliphatic heterocycles. The third-order valence-electron chi connectivity index (χ3n) is 1.94. The molecule has 0 radical (unpaired) electrons. The summed E-state index contributed by atoms with van der Waals surface area (Å²) in [5, 5.41) is 0. The summed E-state index contributed by atoms with van der Waals surface area (Å²) in [6.07, 6.45) is 5.04. The third-order valence-corrected chi connectivity index (χ3v) is 2.59. The first kappa shape index (κ1) is 18.4. The molecule has 0 aromatic heterocycles. The van der Waals surface area contributed by atoms with Gasteiger partial charge in [0.05, 0.1) is 0 Å². The Hall–Kier alpha value is -0.610. The molecule has 0 heterocycles. The van der Waals surface area contributed by atoms with Gasteiger partial charge in [-0.05, 0) is 0 Å². The van der Waals surface area contributed by atoms with Crippen LogP contribution in [0.2, 0.25) is 0 Å². The van der Waals surface area contributed by atoms with Crippen molar-refractivity contribution in [2.75, 3.05) is 19.8 Å². The first-order valence-electron chi connectivity index (χ1n) is 5.38. The van der Waals surface area contributed by atoms with Crippen molar-refractivity contribution in [3.05, 3.63) is 12.7 Å². The molecule has 2 N–H and O–H groups in total. The predicted octanol–water partition coefficient (Wildman–Crippen LogP) is 2.05. The van der Waals surface area contributed by atoms with Crippen LogP contribution in [0.5, 0.6) is 0 Å². The molecule has 0 saturated carbocycles. The summed E-state index contributed by atoms with van der Waals surface area (Å²) >= 11 is 0. The van der Waals surface area contributed by atoms with Crippen molar-refractivity contribution in [3.63, 3.8) is 0 Å². The molecule has 0 amide bonds. The fourth-order valence-electron chi connectivity index (χ4n) is 0.971. The second kappa shape index (κ2) is 6.71. The van der Waals surface area contributed by atoms with Crippen molar-refractivity contribution in [1.29, 1.82) is 0 Å². The number of terminal acetylenes is 1. The molecule has 0 aromatic carbocycles. The summed E-state index contributed by atoms with van der Waals surface area (Å²) in [6, 6.07) is 0. The number of rotatable bonds is 9. The van der Waals surface area contributed by atoms with Crippen molar-refractivity contribution < 1.29 is 32.2 Å². The second-order valence-corrected chi connectivity index (χ2v) is 6.05. The van der Waals surface area contributed by atoms with Crippen LogP contribution in [0.3, 0.4) is 0 Å². The molecule has 0 fully saturated rings. The normalized spacial score (nSPS) is 16.2. The molecule has 0 aliphatic carbocycles. The van der Waals surface area contributed by atoms with Gasteiger partial charge in [0.2, 0.25) is 0 Å². The summed E-state index contributed by atoms with van der Waals surface area (Å²) in [6.45, 7) is 6.01. The Morgan fingerprint density at radius 1 is 1.42 bits per heavy atom. The van der Waals surface area contributed by atoms with E-state index in [0.29, 0.717) is 0 Å². The number of hydrogen-bond donors (Lipinski definition) is 2. The van der Waals surface area contributed by atoms with Crippen molar-refractivity contribution in [1.82, 2.24) is 0 Å². The van der Waals surface area contributed by atoms with Gasteiger partial charge >= 0.3 is 110 Å². The summed E-state index contributed by atoms with van der Waals surface area (Å²) in [5.74, 6) is 2.14. The second-order valence-electron chi connectivity index (χ2n) is 4.32. The van der Waals surface area contributed by atoms with E-state index in [2.05, 4.69) is 17.0 Å². The van der Waals surface area contributed by atoms with E-state index < -0.39 is 19.6 Å². The van der Waals surface area contributed by atoms with E-state index in [1.165, 1.54) is 6.08 Å². The Morgan fingerprint density at radius 2 is 2.00 bits per heavy atom. The zero-order valence-corrected chi connectivity index (χ0v) is 11.8. The zero-order valence-electron chi connectivity index (χ0n) is 10.9. The fraction of sp³-hybridized carbons (Fsp3) is 0.636. The molecule has 1 unspecified atom stereocenters. The van der Waals surface area contributed by atoms with Crippen LogP contribution in [0, 0.1) is 12.3 Å². The van der Waals surface area contributed by atoms with Crippen molar-refractivity contribution in [2.45, 2.75) is 25.6 Å². The van der Waals surface area contributed by atoms with E-state index in [9.17, 15) is 8.39 Å². The van der Waals surface area contributed by atoms with E-state index >= 15 is 0 Å². The van der Waals surface area contributed by atoms with Crippen molar-refractivity contribution in [3.8, 4) is 12.3 Å². The minimum absolute atomic E-state index is 0.115. The molecule has 0 aromatic rings. The van der Waals surface area contributed by atoms with Gasteiger partial charge < -0.3 is 0 Å². The summed E-state index contributed by atoms with van der Waals surface area (Å²) < 4.78 is 39.5. The molecular formula is C11H19F2O5P. The minimum atomic E-state index is -7.09. The zero-order chi connectivity index (χ0) is 15.2. The van der Waals surface area contributed by atoms with Crippen molar-refractivity contribution >= 4 is 7.91 Å². The van der Waals surface area contributed by atoms with Crippen LogP contribution in [-0.2, 0) is 14.0 Å². The Bertz CT molecular complexity index is 336. The summed E-state index contributed by atoms with van der Waals surface area (Å²) in [7, 11) is -7.09. The molecule has 0 bridgehead atoms. The quantitative estimate of drug-likeness (QED) is 0.295. The maximum absolute atomic E-state index is 12.7. The van der Waals surface area contributed by atoms with Gasteiger partial charge in [-0.25, -0.2) is 0 Å². The van der Waals surface area contributed by atoms with Gasteiger partial charge in [-0.1, -0.05) is 0 Å². The predicted molar refractivity (Wildman–Crippen MR) is 68.3 cm³/mol. The first-order valence-corrected chi connectivity index (χ1v) is 7.22. The van der Waals surface area contributed by atoms with E-state index in [1.807, 2.05) is 0 Å². The van der Waals surface area contributed by atoms with E-state index in [4.69, 9.17) is 25.7 Å². The molecule has 19 heavy (non-hydrogen) atoms. The first-order chi connectivity index (χ1) is 8.45. The van der Waals surface area contributed by atoms with Gasteiger partial charge in [0.25, 0.3) is 0 Å². The molecule has 112 valence electrons. The molecule has 0 aliphatic rings. The van der Waals surface area contributed by atoms with Crippen LogP contribution in [-0.4, -0.2) is 41.3 Å². The molecule has 0 rings (SSSR count). The van der Waals surface area contributed by atoms with Crippen LogP contribution >= 0.6 is 7.91 Å². The van der Waals surface area contributed by atoms with Crippen LogP contribution in [0.25, 0.3) is 0 Å². The average Bonchev–Trinajstić information content (AvgIpc) is 2.23. The SMILES string of the molecule is C#CCOCC(COC(C)(C)C=C)OP(O)(O)(F)F. The Balaban J connectivity index is 4.51. The molecule has 0 spiro atoms. The van der Waals surface area contributed by atoms with Gasteiger partial charge in [0, 0.05) is 0 Å². The molecule has 0 saturated heterocycles. The van der Waals surface area contributed by atoms with Gasteiger partial charge in [0.15, 0.2) is 0 Å². The van der Waals surface area contributed by atoms with Crippen molar-refractivity contribution in [2.24, 2.45) is 0 Å². The van der Waals surface area contributed by atoms with Gasteiger partial charge in [0.1, 0.15) is 0 Å². The van der Waals surface area contributed by atoms with Crippen LogP contribution in [0.4, 0.5) is 8.39 Å². The van der Waals surface area contributed by atoms with Gasteiger partial charge in [-0.3, -0.25) is 0 Å². The average molecular weight is 300 g/mol. The number of halogens is 2. The Morgan fingerprint density at radius 3 is 2.42 bits per heavy atom. The summed E-state index contributed by atoms with van der Waals surface area (Å²) in [4.78, 5) is 16.9. The van der Waals surface area contributed by atoms with Crippen LogP contribution < -0.4 is 0 Å². The third kappa shape index (κ3) is 11.0. The standard InChI is InChI=1S/C11H19F2O5P/c1-5-7-16-8-10(18-19(12,13,14)15)9-17-11(3,4)6-2/h1,6,10,14-15H,2,7-9H2,3-4H3. The monoisotopic (exact) mass is 300 g/mol. The maximum atomic E-state index is 12.7. The topological polar surface area (TPSA) is 68.2 Å². The van der Waals surface area contributed by atoms with Gasteiger partial charge in [-0.2, -0.15) is 0 Å². The van der Waals surface area contributed by atoms with E-state index in [1.54, 1.807) is 13.8 Å². The number of hydrogen-bond acceptors (Lipinski definition) is 5. The molecule has 5 nitrogen and oxygen atoms in total. The Kier molecular flexibility index (Phi) is 6.49. The fourth-order valence-corrected chi connectivity index (χ4v) is 1.58. The Labute approximate surface area is 111 Å². The molecule has 1 atom stereocenters. The summed E-state index contributed by atoms with van der Waals surface area (Å²) in [5.41, 5.74) is -0.776. The molecular weight excluding hydrogens is 281 g/mol.